The standard InChI is InChI=1S/C10H8ClNS/c11-8-3-1-7(2-4-8)10-5-9(12)6-13-10/h1-6H,12H2. The van der Waals surface area contributed by atoms with Crippen LogP contribution in [0.5, 0.6) is 0 Å². The molecule has 2 N–H and O–H groups in total. The monoisotopic (exact) mass is 209 g/mol. The molecule has 0 saturated carbocycles. The minimum Gasteiger partial charge on any atom is -0.398 e. The first-order valence-electron chi connectivity index (χ1n) is 3.85. The Balaban J connectivity index is 2.41. The van der Waals surface area contributed by atoms with Crippen LogP contribution in [-0.2, 0) is 0 Å². The number of hydrogen-bond acceptors (Lipinski definition) is 2. The van der Waals surface area contributed by atoms with Gasteiger partial charge in [0.25, 0.3) is 0 Å². The molecule has 0 fully saturated rings. The van der Waals surface area contributed by atoms with Gasteiger partial charge in [0, 0.05) is 21.0 Å². The second-order valence-corrected chi connectivity index (χ2v) is 4.10. The Morgan fingerprint density at radius 3 is 2.38 bits per heavy atom. The lowest BCUT2D eigenvalue weighted by atomic mass is 10.2. The molecule has 1 aromatic heterocycles. The topological polar surface area (TPSA) is 26.0 Å². The van der Waals surface area contributed by atoms with E-state index in [1.807, 2.05) is 35.7 Å². The number of anilines is 1. The molecule has 0 aliphatic rings. The summed E-state index contributed by atoms with van der Waals surface area (Å²) < 4.78 is 0. The lowest BCUT2D eigenvalue weighted by molar-refractivity contribution is 1.69. The maximum atomic E-state index is 5.78. The normalized spacial score (nSPS) is 10.2. The minimum atomic E-state index is 0.758. The molecule has 13 heavy (non-hydrogen) atoms. The van der Waals surface area contributed by atoms with Gasteiger partial charge in [0.15, 0.2) is 0 Å². The highest BCUT2D eigenvalue weighted by atomic mass is 35.5. The Bertz CT molecular complexity index is 405. The van der Waals surface area contributed by atoms with Gasteiger partial charge in [-0.3, -0.25) is 0 Å². The van der Waals surface area contributed by atoms with Crippen molar-refractivity contribution in [1.82, 2.24) is 0 Å². The van der Waals surface area contributed by atoms with E-state index in [-0.39, 0.29) is 0 Å². The third-order valence-electron chi connectivity index (χ3n) is 1.75. The first-order chi connectivity index (χ1) is 6.25. The van der Waals surface area contributed by atoms with Crippen molar-refractivity contribution in [3.05, 3.63) is 40.7 Å². The summed E-state index contributed by atoms with van der Waals surface area (Å²) in [5.74, 6) is 0. The van der Waals surface area contributed by atoms with Crippen molar-refractivity contribution in [3.8, 4) is 10.4 Å². The number of benzene rings is 1. The number of thiophene rings is 1. The SMILES string of the molecule is Nc1csc(-c2ccc(Cl)cc2)c1. The van der Waals surface area contributed by atoms with Gasteiger partial charge in [-0.1, -0.05) is 23.7 Å². The molecule has 0 saturated heterocycles. The smallest absolute Gasteiger partial charge is 0.0429 e. The van der Waals surface area contributed by atoms with E-state index in [0.29, 0.717) is 0 Å². The molecule has 0 radical (unpaired) electrons. The van der Waals surface area contributed by atoms with E-state index in [1.165, 1.54) is 4.88 Å². The largest absolute Gasteiger partial charge is 0.398 e. The molecule has 1 nitrogen and oxygen atoms in total. The highest BCUT2D eigenvalue weighted by Gasteiger charge is 1.99. The highest BCUT2D eigenvalue weighted by molar-refractivity contribution is 7.14. The van der Waals surface area contributed by atoms with Crippen LogP contribution in [0.1, 0.15) is 0 Å². The Morgan fingerprint density at radius 1 is 1.15 bits per heavy atom. The molecular weight excluding hydrogens is 202 g/mol. The van der Waals surface area contributed by atoms with Crippen molar-refractivity contribution in [3.63, 3.8) is 0 Å². The predicted molar refractivity (Wildman–Crippen MR) is 59.2 cm³/mol. The fourth-order valence-corrected chi connectivity index (χ4v) is 2.05. The van der Waals surface area contributed by atoms with Gasteiger partial charge in [0.2, 0.25) is 0 Å². The van der Waals surface area contributed by atoms with E-state index >= 15 is 0 Å². The van der Waals surface area contributed by atoms with Crippen LogP contribution in [-0.4, -0.2) is 0 Å². The zero-order chi connectivity index (χ0) is 9.26. The zero-order valence-corrected chi connectivity index (χ0v) is 8.40. The Hall–Kier alpha value is -0.990. The number of nitrogens with two attached hydrogens (primary N) is 1. The minimum absolute atomic E-state index is 0.758. The molecule has 2 aromatic rings. The van der Waals surface area contributed by atoms with Crippen LogP contribution in [0.15, 0.2) is 35.7 Å². The molecule has 2 rings (SSSR count). The second kappa shape index (κ2) is 3.40. The summed E-state index contributed by atoms with van der Waals surface area (Å²) in [5, 5.41) is 2.69. The van der Waals surface area contributed by atoms with Crippen LogP contribution in [0.3, 0.4) is 0 Å². The first-order valence-corrected chi connectivity index (χ1v) is 5.11. The Morgan fingerprint density at radius 2 is 1.85 bits per heavy atom. The Labute approximate surface area is 85.8 Å². The molecule has 0 aliphatic heterocycles. The number of hydrogen-bond donors (Lipinski definition) is 1. The van der Waals surface area contributed by atoms with Crippen LogP contribution < -0.4 is 5.73 Å². The van der Waals surface area contributed by atoms with Crippen molar-refractivity contribution in [2.24, 2.45) is 0 Å². The fraction of sp³-hybridized carbons (Fsp3) is 0. The third-order valence-corrected chi connectivity index (χ3v) is 3.00. The van der Waals surface area contributed by atoms with Crippen LogP contribution in [0.2, 0.25) is 5.02 Å². The summed E-state index contributed by atoms with van der Waals surface area (Å²) in [6.45, 7) is 0. The molecule has 0 spiro atoms. The number of nitrogen functional groups attached to an aromatic ring is 1. The van der Waals surface area contributed by atoms with Crippen molar-refractivity contribution in [2.75, 3.05) is 5.73 Å². The maximum Gasteiger partial charge on any atom is 0.0429 e. The molecule has 0 amide bonds. The molecule has 1 aromatic carbocycles. The van der Waals surface area contributed by atoms with Crippen LogP contribution >= 0.6 is 22.9 Å². The lowest BCUT2D eigenvalue weighted by Crippen LogP contribution is -1.76. The van der Waals surface area contributed by atoms with Gasteiger partial charge in [0.05, 0.1) is 0 Å². The lowest BCUT2D eigenvalue weighted by Gasteiger charge is -1.95. The third kappa shape index (κ3) is 1.85. The second-order valence-electron chi connectivity index (χ2n) is 2.75. The van der Waals surface area contributed by atoms with Crippen molar-refractivity contribution < 1.29 is 0 Å². The predicted octanol–water partition coefficient (Wildman–Crippen LogP) is 3.65. The summed E-state index contributed by atoms with van der Waals surface area (Å²) in [4.78, 5) is 1.18. The summed E-state index contributed by atoms with van der Waals surface area (Å²) in [5.41, 5.74) is 7.60. The molecule has 0 atom stereocenters. The van der Waals surface area contributed by atoms with Gasteiger partial charge in [0.1, 0.15) is 0 Å². The van der Waals surface area contributed by atoms with Crippen LogP contribution in [0.25, 0.3) is 10.4 Å². The molecule has 1 heterocycles. The molecule has 0 aliphatic carbocycles. The van der Waals surface area contributed by atoms with E-state index in [9.17, 15) is 0 Å². The number of rotatable bonds is 1. The van der Waals surface area contributed by atoms with E-state index in [1.54, 1.807) is 11.3 Å². The van der Waals surface area contributed by atoms with Gasteiger partial charge in [-0.05, 0) is 23.8 Å². The van der Waals surface area contributed by atoms with Gasteiger partial charge >= 0.3 is 0 Å². The van der Waals surface area contributed by atoms with Crippen molar-refractivity contribution >= 4 is 28.6 Å². The van der Waals surface area contributed by atoms with E-state index in [0.717, 1.165) is 16.3 Å². The van der Waals surface area contributed by atoms with Crippen LogP contribution in [0.4, 0.5) is 5.69 Å². The van der Waals surface area contributed by atoms with Gasteiger partial charge in [-0.15, -0.1) is 11.3 Å². The van der Waals surface area contributed by atoms with Crippen molar-refractivity contribution in [1.29, 1.82) is 0 Å². The fourth-order valence-electron chi connectivity index (χ4n) is 1.12. The first kappa shape index (κ1) is 8.60. The van der Waals surface area contributed by atoms with E-state index < -0.39 is 0 Å². The molecular formula is C10H8ClNS. The summed E-state index contributed by atoms with van der Waals surface area (Å²) in [6.07, 6.45) is 0. The van der Waals surface area contributed by atoms with Gasteiger partial charge < -0.3 is 5.73 Å². The average molecular weight is 210 g/mol. The summed E-state index contributed by atoms with van der Waals surface area (Å²) >= 11 is 7.42. The molecule has 0 bridgehead atoms. The van der Waals surface area contributed by atoms with E-state index in [2.05, 4.69) is 0 Å². The summed E-state index contributed by atoms with van der Waals surface area (Å²) in [6, 6.07) is 9.72. The van der Waals surface area contributed by atoms with Gasteiger partial charge in [-0.2, -0.15) is 0 Å². The Kier molecular flexibility index (Phi) is 2.25. The summed E-state index contributed by atoms with van der Waals surface area (Å²) in [7, 11) is 0. The quantitative estimate of drug-likeness (QED) is 0.763. The highest BCUT2D eigenvalue weighted by Crippen LogP contribution is 2.28. The molecule has 3 heteroatoms. The molecule has 66 valence electrons. The van der Waals surface area contributed by atoms with Crippen molar-refractivity contribution in [2.45, 2.75) is 0 Å². The number of halogens is 1. The van der Waals surface area contributed by atoms with E-state index in [4.69, 9.17) is 17.3 Å². The molecule has 0 unspecified atom stereocenters. The maximum absolute atomic E-state index is 5.78. The van der Waals surface area contributed by atoms with Gasteiger partial charge in [-0.25, -0.2) is 0 Å². The van der Waals surface area contributed by atoms with Crippen LogP contribution in [0, 0.1) is 0 Å². The average Bonchev–Trinajstić information content (AvgIpc) is 2.53. The zero-order valence-electron chi connectivity index (χ0n) is 6.83.